The molecule has 0 radical (unpaired) electrons. The third-order valence-corrected chi connectivity index (χ3v) is 9.31. The molecule has 1 aliphatic carbocycles. The van der Waals surface area contributed by atoms with E-state index in [0.717, 1.165) is 5.75 Å². The van der Waals surface area contributed by atoms with E-state index in [1.807, 2.05) is 37.3 Å². The lowest BCUT2D eigenvalue weighted by atomic mass is 9.84. The molecule has 6 rings (SSSR count). The van der Waals surface area contributed by atoms with Crippen molar-refractivity contribution >= 4 is 63.0 Å². The predicted octanol–water partition coefficient (Wildman–Crippen LogP) is 8.57. The van der Waals surface area contributed by atoms with Crippen molar-refractivity contribution in [1.29, 1.82) is 5.41 Å². The largest absolute Gasteiger partial charge is 0.490 e. The Balaban J connectivity index is 1.13. The first kappa shape index (κ1) is 31.2. The summed E-state index contributed by atoms with van der Waals surface area (Å²) in [6.07, 6.45) is 8.03. The Morgan fingerprint density at radius 1 is 0.978 bits per heavy atom. The number of carbonyl (C=O) groups excluding carboxylic acids is 1. The summed E-state index contributed by atoms with van der Waals surface area (Å²) in [5.74, 6) is 1.60. The van der Waals surface area contributed by atoms with E-state index in [9.17, 15) is 4.79 Å². The molecule has 3 aromatic carbocycles. The molecular weight excluding hydrogens is 631 g/mol. The van der Waals surface area contributed by atoms with E-state index >= 15 is 0 Å². The Morgan fingerprint density at radius 2 is 1.73 bits per heavy atom. The monoisotopic (exact) mass is 662 g/mol. The molecule has 8 nitrogen and oxygen atoms in total. The minimum absolute atomic E-state index is 0.0681. The summed E-state index contributed by atoms with van der Waals surface area (Å²) in [7, 11) is 0. The Bertz CT molecular complexity index is 1700. The number of thioether (sulfide) groups is 1. The molecule has 0 bridgehead atoms. The molecule has 0 saturated heterocycles. The molecule has 232 valence electrons. The van der Waals surface area contributed by atoms with Gasteiger partial charge in [-0.05, 0) is 85.0 Å². The van der Waals surface area contributed by atoms with Gasteiger partial charge in [-0.25, -0.2) is 0 Å². The van der Waals surface area contributed by atoms with Gasteiger partial charge < -0.3 is 14.2 Å². The fourth-order valence-corrected chi connectivity index (χ4v) is 7.04. The number of benzene rings is 3. The van der Waals surface area contributed by atoms with E-state index in [0.29, 0.717) is 62.0 Å². The smallest absolute Gasteiger partial charge is 0.283 e. The van der Waals surface area contributed by atoms with E-state index in [-0.39, 0.29) is 18.0 Å². The number of hydrogen-bond donors (Lipinski definition) is 1. The lowest BCUT2D eigenvalue weighted by Gasteiger charge is -2.22. The molecule has 45 heavy (non-hydrogen) atoms. The first-order valence-corrected chi connectivity index (χ1v) is 16.6. The van der Waals surface area contributed by atoms with Gasteiger partial charge in [-0.15, -0.1) is 0 Å². The van der Waals surface area contributed by atoms with Crippen LogP contribution in [0.2, 0.25) is 10.0 Å². The summed E-state index contributed by atoms with van der Waals surface area (Å²) >= 11 is 14.2. The van der Waals surface area contributed by atoms with Crippen molar-refractivity contribution in [3.63, 3.8) is 0 Å². The summed E-state index contributed by atoms with van der Waals surface area (Å²) < 4.78 is 17.8. The summed E-state index contributed by atoms with van der Waals surface area (Å²) in [5, 5.41) is 16.3. The van der Waals surface area contributed by atoms with Crippen molar-refractivity contribution in [2.75, 3.05) is 19.8 Å². The van der Waals surface area contributed by atoms with Crippen LogP contribution in [-0.4, -0.2) is 46.8 Å². The lowest BCUT2D eigenvalue weighted by molar-refractivity contribution is -0.114. The van der Waals surface area contributed by atoms with Crippen molar-refractivity contribution in [2.24, 2.45) is 10.1 Å². The third-order valence-electron chi connectivity index (χ3n) is 7.76. The lowest BCUT2D eigenvalue weighted by Crippen LogP contribution is -2.35. The van der Waals surface area contributed by atoms with E-state index in [1.54, 1.807) is 24.3 Å². The topological polar surface area (TPSA) is 96.6 Å². The van der Waals surface area contributed by atoms with Gasteiger partial charge >= 0.3 is 0 Å². The second-order valence-corrected chi connectivity index (χ2v) is 12.5. The van der Waals surface area contributed by atoms with Gasteiger partial charge in [-0.1, -0.05) is 72.8 Å². The van der Waals surface area contributed by atoms with E-state index in [4.69, 9.17) is 42.8 Å². The van der Waals surface area contributed by atoms with Gasteiger partial charge in [0.1, 0.15) is 24.0 Å². The van der Waals surface area contributed by atoms with Gasteiger partial charge in [-0.3, -0.25) is 10.2 Å². The van der Waals surface area contributed by atoms with Crippen molar-refractivity contribution in [3.8, 4) is 17.2 Å². The molecule has 11 heteroatoms. The maximum absolute atomic E-state index is 13.0. The molecule has 1 N–H and O–H groups in total. The first-order chi connectivity index (χ1) is 21.9. The average Bonchev–Trinajstić information content (AvgIpc) is 3.47. The van der Waals surface area contributed by atoms with Crippen LogP contribution >= 0.6 is 35.0 Å². The maximum Gasteiger partial charge on any atom is 0.283 e. The van der Waals surface area contributed by atoms with Crippen LogP contribution in [0.1, 0.15) is 61.6 Å². The number of amidine groups is 2. The highest BCUT2D eigenvalue weighted by Gasteiger charge is 2.36. The standard InChI is InChI=1S/C34H32Cl2N4O4S/c1-2-42-29-20-21(18-26-31(37)40-34(38-32(26)41)45-33(39-40)25-10-6-7-11-27(25)35)19-28(36)30(29)44-17-16-43-24-14-12-23(13-15-24)22-8-4-3-5-9-22/h6-7,10-15,18-20,22,37H,2-5,8-9,16-17H2,1H3/b26-18-,37-31?. The number of carbonyl (C=O) groups is 1. The average molecular weight is 664 g/mol. The predicted molar refractivity (Wildman–Crippen MR) is 181 cm³/mol. The molecule has 3 aliphatic rings. The van der Waals surface area contributed by atoms with Crippen LogP contribution in [0.3, 0.4) is 0 Å². The number of rotatable bonds is 10. The number of hydrogen-bond acceptors (Lipinski definition) is 7. The fraction of sp³-hybridized carbons (Fsp3) is 0.294. The quantitative estimate of drug-likeness (QED) is 0.173. The Morgan fingerprint density at radius 3 is 2.49 bits per heavy atom. The molecule has 1 fully saturated rings. The second kappa shape index (κ2) is 14.1. The zero-order valence-corrected chi connectivity index (χ0v) is 27.1. The summed E-state index contributed by atoms with van der Waals surface area (Å²) in [6.45, 7) is 2.82. The number of hydrazone groups is 1. The van der Waals surface area contributed by atoms with Crippen LogP contribution < -0.4 is 14.2 Å². The molecule has 1 saturated carbocycles. The number of ether oxygens (including phenoxy) is 3. The highest BCUT2D eigenvalue weighted by atomic mass is 35.5. The number of halogens is 2. The van der Waals surface area contributed by atoms with Crippen molar-refractivity contribution in [3.05, 3.63) is 93.0 Å². The SMILES string of the molecule is CCOc1cc(/C=C2/C(=N)N3N=C(c4ccccc4Cl)SC3=NC2=O)cc(Cl)c1OCCOc1ccc(C2CCCCC2)cc1. The van der Waals surface area contributed by atoms with Crippen LogP contribution in [0, 0.1) is 5.41 Å². The first-order valence-electron chi connectivity index (χ1n) is 15.0. The van der Waals surface area contributed by atoms with Crippen LogP contribution in [0.4, 0.5) is 0 Å². The number of fused-ring (bicyclic) bond motifs is 1. The van der Waals surface area contributed by atoms with E-state index in [1.165, 1.54) is 54.4 Å². The Labute approximate surface area is 276 Å². The zero-order chi connectivity index (χ0) is 31.3. The number of nitrogens with zero attached hydrogens (tertiary/aromatic N) is 3. The Hall–Kier alpha value is -3.79. The van der Waals surface area contributed by atoms with E-state index < -0.39 is 5.91 Å². The van der Waals surface area contributed by atoms with Gasteiger partial charge in [0.15, 0.2) is 17.3 Å². The van der Waals surface area contributed by atoms with Gasteiger partial charge in [0, 0.05) is 5.56 Å². The van der Waals surface area contributed by atoms with Crippen molar-refractivity contribution in [1.82, 2.24) is 5.01 Å². The molecule has 2 aliphatic heterocycles. The summed E-state index contributed by atoms with van der Waals surface area (Å²) in [4.78, 5) is 17.2. The number of aliphatic imine (C=N–C) groups is 1. The summed E-state index contributed by atoms with van der Waals surface area (Å²) in [5.41, 5.74) is 2.71. The second-order valence-electron chi connectivity index (χ2n) is 10.8. The molecule has 0 atom stereocenters. The van der Waals surface area contributed by atoms with Crippen molar-refractivity contribution < 1.29 is 19.0 Å². The van der Waals surface area contributed by atoms with Crippen LogP contribution in [-0.2, 0) is 4.79 Å². The molecular formula is C34H32Cl2N4O4S. The van der Waals surface area contributed by atoms with Gasteiger partial charge in [0.2, 0.25) is 5.17 Å². The minimum Gasteiger partial charge on any atom is -0.490 e. The molecule has 3 aromatic rings. The molecule has 1 amide bonds. The highest BCUT2D eigenvalue weighted by Crippen LogP contribution is 2.39. The van der Waals surface area contributed by atoms with Crippen LogP contribution in [0.15, 0.2) is 76.3 Å². The van der Waals surface area contributed by atoms with Crippen LogP contribution in [0.25, 0.3) is 6.08 Å². The highest BCUT2D eigenvalue weighted by molar-refractivity contribution is 8.27. The number of nitrogens with one attached hydrogen (secondary N) is 1. The minimum atomic E-state index is -0.548. The van der Waals surface area contributed by atoms with E-state index in [2.05, 4.69) is 22.2 Å². The van der Waals surface area contributed by atoms with Gasteiger partial charge in [0.25, 0.3) is 5.91 Å². The van der Waals surface area contributed by atoms with Gasteiger partial charge in [-0.2, -0.15) is 15.1 Å². The third kappa shape index (κ3) is 7.06. The van der Waals surface area contributed by atoms with Gasteiger partial charge in [0.05, 0.1) is 22.2 Å². The number of amides is 1. The maximum atomic E-state index is 13.0. The molecule has 0 unspecified atom stereocenters. The molecule has 2 heterocycles. The normalized spacial score (nSPS) is 17.7. The summed E-state index contributed by atoms with van der Waals surface area (Å²) in [6, 6.07) is 19.0. The fourth-order valence-electron chi connectivity index (χ4n) is 5.55. The van der Waals surface area contributed by atoms with Crippen LogP contribution in [0.5, 0.6) is 17.2 Å². The molecule has 0 aromatic heterocycles. The van der Waals surface area contributed by atoms with Crippen molar-refractivity contribution in [2.45, 2.75) is 44.9 Å². The molecule has 0 spiro atoms. The Kier molecular flexibility index (Phi) is 9.78. The zero-order valence-electron chi connectivity index (χ0n) is 24.7.